The highest BCUT2D eigenvalue weighted by Gasteiger charge is 2.30. The van der Waals surface area contributed by atoms with Crippen molar-refractivity contribution in [3.8, 4) is 29.0 Å². The number of carbonyl (C=O) groups is 2. The number of imidazole rings is 1. The van der Waals surface area contributed by atoms with Gasteiger partial charge in [-0.3, -0.25) is 9.59 Å². The number of aromatic nitrogens is 2. The molecule has 4 rings (SSSR count). The van der Waals surface area contributed by atoms with Crippen LogP contribution in [0.5, 0.6) is 5.75 Å². The normalized spacial score (nSPS) is 17.9. The van der Waals surface area contributed by atoms with Crippen LogP contribution in [0.25, 0.3) is 11.4 Å². The SMILES string of the molecule is CC(O)C#Cc1ccc2c(c1)-c1nc(C(N)=O)c(C(=O)NCC3CCOC3)n1CCO2. The summed E-state index contributed by atoms with van der Waals surface area (Å²) in [4.78, 5) is 29.5. The summed E-state index contributed by atoms with van der Waals surface area (Å²) in [5, 5.41) is 12.3. The van der Waals surface area contributed by atoms with Gasteiger partial charge in [0.2, 0.25) is 0 Å². The van der Waals surface area contributed by atoms with Crippen molar-refractivity contribution in [3.63, 3.8) is 0 Å². The van der Waals surface area contributed by atoms with Gasteiger partial charge < -0.3 is 30.2 Å². The number of hydrogen-bond donors (Lipinski definition) is 3. The molecule has 1 fully saturated rings. The molecule has 162 valence electrons. The van der Waals surface area contributed by atoms with Crippen LogP contribution < -0.4 is 15.8 Å². The van der Waals surface area contributed by atoms with Crippen molar-refractivity contribution >= 4 is 11.8 Å². The minimum atomic E-state index is -0.776. The molecule has 0 aliphatic carbocycles. The zero-order valence-electron chi connectivity index (χ0n) is 17.2. The third-order valence-electron chi connectivity index (χ3n) is 5.21. The average molecular weight is 424 g/mol. The molecule has 0 spiro atoms. The first-order valence-corrected chi connectivity index (χ1v) is 10.2. The molecule has 2 aromatic rings. The van der Waals surface area contributed by atoms with Gasteiger partial charge >= 0.3 is 0 Å². The molecule has 0 radical (unpaired) electrons. The van der Waals surface area contributed by atoms with Gasteiger partial charge in [0.15, 0.2) is 5.69 Å². The van der Waals surface area contributed by atoms with Gasteiger partial charge in [-0.15, -0.1) is 0 Å². The van der Waals surface area contributed by atoms with E-state index in [1.807, 2.05) is 0 Å². The van der Waals surface area contributed by atoms with Gasteiger partial charge in [-0.1, -0.05) is 11.8 Å². The van der Waals surface area contributed by atoms with E-state index in [1.165, 1.54) is 0 Å². The molecule has 2 unspecified atom stereocenters. The summed E-state index contributed by atoms with van der Waals surface area (Å²) in [6.45, 7) is 3.94. The summed E-state index contributed by atoms with van der Waals surface area (Å²) in [5.41, 5.74) is 6.84. The van der Waals surface area contributed by atoms with Crippen molar-refractivity contribution in [2.45, 2.75) is 26.0 Å². The second-order valence-corrected chi connectivity index (χ2v) is 7.59. The molecule has 9 nitrogen and oxygen atoms in total. The monoisotopic (exact) mass is 424 g/mol. The van der Waals surface area contributed by atoms with Crippen LogP contribution in [0.3, 0.4) is 0 Å². The number of hydrogen-bond acceptors (Lipinski definition) is 6. The van der Waals surface area contributed by atoms with E-state index >= 15 is 0 Å². The van der Waals surface area contributed by atoms with E-state index in [-0.39, 0.29) is 17.3 Å². The number of primary amides is 1. The van der Waals surface area contributed by atoms with Crippen LogP contribution in [0.15, 0.2) is 18.2 Å². The largest absolute Gasteiger partial charge is 0.491 e. The number of amides is 2. The maximum absolute atomic E-state index is 13.0. The predicted molar refractivity (Wildman–Crippen MR) is 111 cm³/mol. The van der Waals surface area contributed by atoms with Crippen molar-refractivity contribution < 1.29 is 24.2 Å². The maximum atomic E-state index is 13.0. The number of rotatable bonds is 4. The van der Waals surface area contributed by atoms with E-state index in [0.29, 0.717) is 55.6 Å². The summed E-state index contributed by atoms with van der Waals surface area (Å²) in [7, 11) is 0. The van der Waals surface area contributed by atoms with Crippen LogP contribution in [0, 0.1) is 17.8 Å². The minimum absolute atomic E-state index is 0.0801. The molecule has 0 saturated carbocycles. The summed E-state index contributed by atoms with van der Waals surface area (Å²) in [6.07, 6.45) is 0.115. The van der Waals surface area contributed by atoms with Crippen molar-refractivity contribution in [3.05, 3.63) is 35.2 Å². The summed E-state index contributed by atoms with van der Waals surface area (Å²) in [6, 6.07) is 5.30. The van der Waals surface area contributed by atoms with Gasteiger partial charge in [0.05, 0.1) is 18.7 Å². The fourth-order valence-electron chi connectivity index (χ4n) is 3.69. The van der Waals surface area contributed by atoms with E-state index in [2.05, 4.69) is 22.1 Å². The molecule has 1 aromatic carbocycles. The number of carbonyl (C=O) groups excluding carboxylic acids is 2. The third-order valence-corrected chi connectivity index (χ3v) is 5.21. The molecule has 1 saturated heterocycles. The predicted octanol–water partition coefficient (Wildman–Crippen LogP) is 0.540. The van der Waals surface area contributed by atoms with Gasteiger partial charge in [-0.05, 0) is 31.5 Å². The zero-order chi connectivity index (χ0) is 22.0. The highest BCUT2D eigenvalue weighted by molar-refractivity contribution is 6.05. The number of aliphatic hydroxyl groups excluding tert-OH is 1. The summed E-state index contributed by atoms with van der Waals surface area (Å²) >= 11 is 0. The quantitative estimate of drug-likeness (QED) is 0.615. The van der Waals surface area contributed by atoms with E-state index in [1.54, 1.807) is 29.7 Å². The fraction of sp³-hybridized carbons (Fsp3) is 0.409. The maximum Gasteiger partial charge on any atom is 0.270 e. The molecule has 3 heterocycles. The van der Waals surface area contributed by atoms with E-state index in [0.717, 1.165) is 6.42 Å². The lowest BCUT2D eigenvalue weighted by Crippen LogP contribution is -2.33. The van der Waals surface area contributed by atoms with Gasteiger partial charge in [0.25, 0.3) is 11.8 Å². The summed E-state index contributed by atoms with van der Waals surface area (Å²) in [5.74, 6) is 5.62. The van der Waals surface area contributed by atoms with E-state index < -0.39 is 17.9 Å². The molecule has 4 N–H and O–H groups in total. The van der Waals surface area contributed by atoms with Crippen LogP contribution in [0.1, 0.15) is 39.9 Å². The van der Waals surface area contributed by atoms with Crippen LogP contribution in [0.2, 0.25) is 0 Å². The summed E-state index contributed by atoms with van der Waals surface area (Å²) < 4.78 is 12.8. The topological polar surface area (TPSA) is 129 Å². The molecule has 2 aliphatic rings. The highest BCUT2D eigenvalue weighted by atomic mass is 16.5. The molecule has 0 bridgehead atoms. The Kier molecular flexibility index (Phi) is 5.93. The second-order valence-electron chi connectivity index (χ2n) is 7.59. The number of nitrogens with one attached hydrogen (secondary N) is 1. The Balaban J connectivity index is 1.74. The molecule has 2 amide bonds. The van der Waals surface area contributed by atoms with Crippen molar-refractivity contribution in [1.82, 2.24) is 14.9 Å². The Labute approximate surface area is 179 Å². The number of ether oxygens (including phenoxy) is 2. The van der Waals surface area contributed by atoms with Crippen LogP contribution in [-0.4, -0.2) is 58.9 Å². The van der Waals surface area contributed by atoms with Gasteiger partial charge in [-0.25, -0.2) is 4.98 Å². The highest BCUT2D eigenvalue weighted by Crippen LogP contribution is 2.34. The first kappa shape index (κ1) is 20.9. The number of nitrogens with two attached hydrogens (primary N) is 1. The Morgan fingerprint density at radius 1 is 1.42 bits per heavy atom. The van der Waals surface area contributed by atoms with E-state index in [9.17, 15) is 14.7 Å². The van der Waals surface area contributed by atoms with Gasteiger partial charge in [0, 0.05) is 24.6 Å². The first-order chi connectivity index (χ1) is 14.9. The number of nitrogens with zero attached hydrogens (tertiary/aromatic N) is 2. The minimum Gasteiger partial charge on any atom is -0.491 e. The molecular formula is C22H24N4O5. The molecule has 9 heteroatoms. The molecule has 2 aliphatic heterocycles. The number of aliphatic hydroxyl groups is 1. The molecular weight excluding hydrogens is 400 g/mol. The lowest BCUT2D eigenvalue weighted by atomic mass is 10.1. The standard InChI is InChI=1S/C22H24N4O5/c1-13(27)2-3-14-4-5-17-16(10-14)21-25-18(20(23)28)19(26(21)7-9-31-17)22(29)24-11-15-6-8-30-12-15/h4-5,10,13,15,27H,6-9,11-12H2,1H3,(H2,23,28)(H,24,29). The van der Waals surface area contributed by atoms with Gasteiger partial charge in [0.1, 0.15) is 30.0 Å². The Morgan fingerprint density at radius 2 is 2.26 bits per heavy atom. The Hall–Kier alpha value is -3.35. The van der Waals surface area contributed by atoms with Gasteiger partial charge in [-0.2, -0.15) is 0 Å². The molecule has 31 heavy (non-hydrogen) atoms. The molecule has 2 atom stereocenters. The third kappa shape index (κ3) is 4.40. The first-order valence-electron chi connectivity index (χ1n) is 10.2. The number of benzene rings is 1. The average Bonchev–Trinajstić information content (AvgIpc) is 3.35. The Bertz CT molecular complexity index is 1070. The second kappa shape index (κ2) is 8.79. The van der Waals surface area contributed by atoms with Crippen molar-refractivity contribution in [1.29, 1.82) is 0 Å². The smallest absolute Gasteiger partial charge is 0.270 e. The van der Waals surface area contributed by atoms with Crippen molar-refractivity contribution in [2.24, 2.45) is 11.7 Å². The lowest BCUT2D eigenvalue weighted by molar-refractivity contribution is 0.0918. The lowest BCUT2D eigenvalue weighted by Gasteiger charge is -2.12. The number of fused-ring (bicyclic) bond motifs is 3. The van der Waals surface area contributed by atoms with Crippen molar-refractivity contribution in [2.75, 3.05) is 26.4 Å². The Morgan fingerprint density at radius 3 is 2.97 bits per heavy atom. The van der Waals surface area contributed by atoms with Crippen LogP contribution >= 0.6 is 0 Å². The zero-order valence-corrected chi connectivity index (χ0v) is 17.2. The fourth-order valence-corrected chi connectivity index (χ4v) is 3.69. The van der Waals surface area contributed by atoms with Crippen LogP contribution in [0.4, 0.5) is 0 Å². The van der Waals surface area contributed by atoms with Crippen LogP contribution in [-0.2, 0) is 11.3 Å². The van der Waals surface area contributed by atoms with E-state index in [4.69, 9.17) is 15.2 Å². The molecule has 1 aromatic heterocycles.